The lowest BCUT2D eigenvalue weighted by atomic mass is 9.71. The zero-order chi connectivity index (χ0) is 28.5. The van der Waals surface area contributed by atoms with Gasteiger partial charge in [0.25, 0.3) is 0 Å². The standard InChI is InChI=1S/C34H31FINO4/c1-40-30-18-23(17-25(36)34(30)41-20-22-13-15-24(35)16-14-22)31-32-26(9-5-11-28(32)38)37(19-21-7-3-2-4-8-21)27-10-6-12-29(39)33(27)31/h2-4,7-8,13-18,31H,5-6,9-12,19-20H2,1H3. The molecule has 0 spiro atoms. The number of halogens is 2. The van der Waals surface area contributed by atoms with Gasteiger partial charge >= 0.3 is 0 Å². The van der Waals surface area contributed by atoms with Crippen LogP contribution >= 0.6 is 22.6 Å². The van der Waals surface area contributed by atoms with Crippen LogP contribution in [0.2, 0.25) is 0 Å². The van der Waals surface area contributed by atoms with E-state index < -0.39 is 5.92 Å². The second-order valence-corrected chi connectivity index (χ2v) is 11.9. The second-order valence-electron chi connectivity index (χ2n) is 10.7. The smallest absolute Gasteiger partial charge is 0.174 e. The Balaban J connectivity index is 1.44. The van der Waals surface area contributed by atoms with Crippen molar-refractivity contribution < 1.29 is 23.5 Å². The van der Waals surface area contributed by atoms with Crippen LogP contribution < -0.4 is 9.47 Å². The van der Waals surface area contributed by atoms with Crippen LogP contribution in [0.4, 0.5) is 4.39 Å². The van der Waals surface area contributed by atoms with Crippen molar-refractivity contribution in [3.8, 4) is 11.5 Å². The van der Waals surface area contributed by atoms with E-state index in [4.69, 9.17) is 9.47 Å². The molecule has 0 atom stereocenters. The number of hydrogen-bond donors (Lipinski definition) is 0. The zero-order valence-electron chi connectivity index (χ0n) is 22.9. The van der Waals surface area contributed by atoms with E-state index in [2.05, 4.69) is 39.6 Å². The number of Topliss-reactive ketones (excluding diaryl/α,β-unsaturated/α-hetero) is 2. The first kappa shape index (κ1) is 27.7. The molecule has 7 heteroatoms. The summed E-state index contributed by atoms with van der Waals surface area (Å²) in [5.41, 5.74) is 6.45. The Morgan fingerprint density at radius 2 is 1.49 bits per heavy atom. The molecule has 0 saturated heterocycles. The minimum absolute atomic E-state index is 0.116. The van der Waals surface area contributed by atoms with E-state index in [-0.39, 0.29) is 24.0 Å². The molecule has 2 aliphatic carbocycles. The Labute approximate surface area is 253 Å². The molecule has 3 aromatic carbocycles. The van der Waals surface area contributed by atoms with Crippen LogP contribution in [0.5, 0.6) is 11.5 Å². The normalized spacial score (nSPS) is 17.5. The number of carbonyl (C=O) groups is 2. The van der Waals surface area contributed by atoms with Crippen molar-refractivity contribution in [1.82, 2.24) is 4.90 Å². The molecule has 1 heterocycles. The lowest BCUT2D eigenvalue weighted by Gasteiger charge is -2.44. The molecule has 210 valence electrons. The van der Waals surface area contributed by atoms with Gasteiger partial charge in [0.1, 0.15) is 12.4 Å². The molecule has 0 aromatic heterocycles. The molecular formula is C34H31FINO4. The van der Waals surface area contributed by atoms with Crippen LogP contribution in [0.25, 0.3) is 0 Å². The van der Waals surface area contributed by atoms with Crippen LogP contribution in [0.3, 0.4) is 0 Å². The molecule has 3 aromatic rings. The highest BCUT2D eigenvalue weighted by atomic mass is 127. The average molecular weight is 664 g/mol. The number of ketones is 2. The maximum atomic E-state index is 13.7. The van der Waals surface area contributed by atoms with E-state index in [0.29, 0.717) is 30.9 Å². The highest BCUT2D eigenvalue weighted by Crippen LogP contribution is 2.51. The third kappa shape index (κ3) is 5.44. The Bertz CT molecular complexity index is 1520. The van der Waals surface area contributed by atoms with Gasteiger partial charge in [-0.15, -0.1) is 0 Å². The fourth-order valence-corrected chi connectivity index (χ4v) is 7.07. The summed E-state index contributed by atoms with van der Waals surface area (Å²) in [6, 6.07) is 20.4. The summed E-state index contributed by atoms with van der Waals surface area (Å²) in [7, 11) is 1.59. The molecule has 1 aliphatic heterocycles. The van der Waals surface area contributed by atoms with E-state index in [1.54, 1.807) is 19.2 Å². The first-order chi connectivity index (χ1) is 19.9. The van der Waals surface area contributed by atoms with Gasteiger partial charge in [-0.3, -0.25) is 9.59 Å². The van der Waals surface area contributed by atoms with Crippen LogP contribution in [-0.2, 0) is 22.7 Å². The number of hydrogen-bond acceptors (Lipinski definition) is 5. The number of benzene rings is 3. The SMILES string of the molecule is COc1cc(C2C3=C(CCCC3=O)N(Cc3ccccc3)C3=C2C(=O)CCC3)cc(I)c1OCc1ccc(F)cc1. The summed E-state index contributed by atoms with van der Waals surface area (Å²) >= 11 is 2.23. The minimum Gasteiger partial charge on any atom is -0.493 e. The minimum atomic E-state index is -0.429. The van der Waals surface area contributed by atoms with Gasteiger partial charge in [-0.1, -0.05) is 42.5 Å². The van der Waals surface area contributed by atoms with Crippen molar-refractivity contribution in [2.45, 2.75) is 57.6 Å². The molecule has 0 saturated carbocycles. The van der Waals surface area contributed by atoms with Crippen molar-refractivity contribution in [1.29, 1.82) is 0 Å². The number of nitrogens with zero attached hydrogens (tertiary/aromatic N) is 1. The molecule has 0 radical (unpaired) electrons. The molecule has 5 nitrogen and oxygen atoms in total. The summed E-state index contributed by atoms with van der Waals surface area (Å²) in [6.45, 7) is 0.897. The zero-order valence-corrected chi connectivity index (χ0v) is 25.1. The summed E-state index contributed by atoms with van der Waals surface area (Å²) in [5.74, 6) is 0.625. The van der Waals surface area contributed by atoms with Crippen LogP contribution in [-0.4, -0.2) is 23.6 Å². The third-order valence-corrected chi connectivity index (χ3v) is 8.95. The molecule has 0 N–H and O–H groups in total. The lowest BCUT2D eigenvalue weighted by Crippen LogP contribution is -2.38. The maximum Gasteiger partial charge on any atom is 0.174 e. The van der Waals surface area contributed by atoms with E-state index >= 15 is 0 Å². The predicted octanol–water partition coefficient (Wildman–Crippen LogP) is 7.63. The highest BCUT2D eigenvalue weighted by Gasteiger charge is 2.43. The first-order valence-corrected chi connectivity index (χ1v) is 15.1. The lowest BCUT2D eigenvalue weighted by molar-refractivity contribution is -0.117. The largest absolute Gasteiger partial charge is 0.493 e. The van der Waals surface area contributed by atoms with Gasteiger partial charge in [0.2, 0.25) is 0 Å². The van der Waals surface area contributed by atoms with Crippen molar-refractivity contribution in [3.63, 3.8) is 0 Å². The van der Waals surface area contributed by atoms with Crippen LogP contribution in [0.15, 0.2) is 89.3 Å². The fraction of sp³-hybridized carbons (Fsp3) is 0.294. The van der Waals surface area contributed by atoms with Gasteiger partial charge in [-0.05, 0) is 89.2 Å². The summed E-state index contributed by atoms with van der Waals surface area (Å²) < 4.78 is 26.1. The molecule has 0 fully saturated rings. The molecule has 0 amide bonds. The Kier molecular flexibility index (Phi) is 7.97. The highest BCUT2D eigenvalue weighted by molar-refractivity contribution is 14.1. The van der Waals surface area contributed by atoms with Crippen molar-refractivity contribution in [2.24, 2.45) is 0 Å². The summed E-state index contributed by atoms with van der Waals surface area (Å²) in [5, 5.41) is 0. The van der Waals surface area contributed by atoms with Crippen LogP contribution in [0, 0.1) is 9.39 Å². The maximum absolute atomic E-state index is 13.7. The Morgan fingerprint density at radius 3 is 2.10 bits per heavy atom. The molecule has 6 rings (SSSR count). The van der Waals surface area contributed by atoms with Gasteiger partial charge in [-0.2, -0.15) is 0 Å². The van der Waals surface area contributed by atoms with Gasteiger partial charge in [0.05, 0.1) is 10.7 Å². The number of ether oxygens (including phenoxy) is 2. The van der Waals surface area contributed by atoms with Gasteiger partial charge < -0.3 is 14.4 Å². The molecule has 3 aliphatic rings. The average Bonchev–Trinajstić information content (AvgIpc) is 2.98. The van der Waals surface area contributed by atoms with Crippen molar-refractivity contribution >= 4 is 34.2 Å². The third-order valence-electron chi connectivity index (χ3n) is 8.15. The quantitative estimate of drug-likeness (QED) is 0.244. The number of allylic oxidation sites excluding steroid dienone is 4. The van der Waals surface area contributed by atoms with Crippen molar-refractivity contribution in [3.05, 3.63) is 115 Å². The van der Waals surface area contributed by atoms with E-state index in [9.17, 15) is 14.0 Å². The van der Waals surface area contributed by atoms with Gasteiger partial charge in [-0.25, -0.2) is 4.39 Å². The fourth-order valence-electron chi connectivity index (χ4n) is 6.29. The number of rotatable bonds is 7. The Morgan fingerprint density at radius 1 is 0.854 bits per heavy atom. The van der Waals surface area contributed by atoms with E-state index in [1.165, 1.54) is 12.1 Å². The monoisotopic (exact) mass is 663 g/mol. The topological polar surface area (TPSA) is 55.8 Å². The van der Waals surface area contributed by atoms with Gasteiger partial charge in [0, 0.05) is 47.8 Å². The summed E-state index contributed by atoms with van der Waals surface area (Å²) in [6.07, 6.45) is 4.20. The van der Waals surface area contributed by atoms with Gasteiger partial charge in [0.15, 0.2) is 23.1 Å². The summed E-state index contributed by atoms with van der Waals surface area (Å²) in [4.78, 5) is 29.6. The molecule has 0 bridgehead atoms. The van der Waals surface area contributed by atoms with E-state index in [0.717, 1.165) is 68.5 Å². The second kappa shape index (κ2) is 11.8. The van der Waals surface area contributed by atoms with Crippen LogP contribution in [0.1, 0.15) is 61.1 Å². The number of methoxy groups -OCH3 is 1. The molecular weight excluding hydrogens is 632 g/mol. The van der Waals surface area contributed by atoms with Crippen molar-refractivity contribution in [2.75, 3.05) is 7.11 Å². The number of carbonyl (C=O) groups excluding carboxylic acids is 2. The molecule has 41 heavy (non-hydrogen) atoms. The van der Waals surface area contributed by atoms with E-state index in [1.807, 2.05) is 30.3 Å². The first-order valence-electron chi connectivity index (χ1n) is 14.0. The molecule has 0 unspecified atom stereocenters. The predicted molar refractivity (Wildman–Crippen MR) is 163 cm³/mol. The Hall–Kier alpha value is -3.46.